The van der Waals surface area contributed by atoms with Gasteiger partial charge in [-0.2, -0.15) is 11.8 Å². The second kappa shape index (κ2) is 7.59. The Morgan fingerprint density at radius 3 is 2.75 bits per heavy atom. The molecule has 1 heterocycles. The van der Waals surface area contributed by atoms with E-state index in [2.05, 4.69) is 10.3 Å². The van der Waals surface area contributed by atoms with Crippen molar-refractivity contribution in [1.82, 2.24) is 10.3 Å². The summed E-state index contributed by atoms with van der Waals surface area (Å²) < 4.78 is 4.78. The predicted molar refractivity (Wildman–Crippen MR) is 75.5 cm³/mol. The largest absolute Gasteiger partial charge is 0.491 e. The van der Waals surface area contributed by atoms with Crippen LogP contribution in [0.4, 0.5) is 0 Å². The Bertz CT molecular complexity index is 543. The van der Waals surface area contributed by atoms with E-state index >= 15 is 0 Å². The number of carbonyl (C=O) groups is 2. The van der Waals surface area contributed by atoms with Gasteiger partial charge >= 0.3 is 5.97 Å². The van der Waals surface area contributed by atoms with Crippen LogP contribution < -0.4 is 15.5 Å². The average molecular weight is 300 g/mol. The molecule has 1 aromatic heterocycles. The van der Waals surface area contributed by atoms with Gasteiger partial charge in [0.15, 0.2) is 5.75 Å². The second-order valence-electron chi connectivity index (χ2n) is 3.93. The van der Waals surface area contributed by atoms with Crippen LogP contribution in [0.3, 0.4) is 0 Å². The van der Waals surface area contributed by atoms with E-state index in [4.69, 9.17) is 9.84 Å². The van der Waals surface area contributed by atoms with Gasteiger partial charge in [0.2, 0.25) is 5.43 Å². The third-order valence-corrected chi connectivity index (χ3v) is 3.20. The van der Waals surface area contributed by atoms with Crippen molar-refractivity contribution >= 4 is 23.6 Å². The molecule has 0 aromatic carbocycles. The lowest BCUT2D eigenvalue weighted by atomic mass is 10.2. The first-order valence-electron chi connectivity index (χ1n) is 5.79. The molecular weight excluding hydrogens is 284 g/mol. The Morgan fingerprint density at radius 1 is 1.55 bits per heavy atom. The molecular formula is C12H16N2O5S. The van der Waals surface area contributed by atoms with Crippen LogP contribution in [0.2, 0.25) is 0 Å². The van der Waals surface area contributed by atoms with E-state index in [0.717, 1.165) is 6.07 Å². The number of carboxylic acids is 1. The van der Waals surface area contributed by atoms with Crippen LogP contribution in [0.5, 0.6) is 5.75 Å². The molecule has 1 amide bonds. The SMILES string of the molecule is COc1c[nH]c(C(=O)NC(CCSC)C(=O)O)cc1=O. The van der Waals surface area contributed by atoms with Gasteiger partial charge in [-0.3, -0.25) is 9.59 Å². The van der Waals surface area contributed by atoms with Gasteiger partial charge in [-0.15, -0.1) is 0 Å². The van der Waals surface area contributed by atoms with Gasteiger partial charge in [0.05, 0.1) is 7.11 Å². The van der Waals surface area contributed by atoms with E-state index in [1.807, 2.05) is 6.26 Å². The van der Waals surface area contributed by atoms with Crippen LogP contribution in [0.1, 0.15) is 16.9 Å². The topological polar surface area (TPSA) is 108 Å². The monoisotopic (exact) mass is 300 g/mol. The van der Waals surface area contributed by atoms with Crippen molar-refractivity contribution in [3.63, 3.8) is 0 Å². The summed E-state index contributed by atoms with van der Waals surface area (Å²) in [5, 5.41) is 11.4. The zero-order valence-electron chi connectivity index (χ0n) is 11.1. The molecule has 0 spiro atoms. The minimum absolute atomic E-state index is 0.00815. The number of aromatic nitrogens is 1. The normalized spacial score (nSPS) is 11.7. The Hall–Kier alpha value is -1.96. The molecule has 0 aliphatic rings. The second-order valence-corrected chi connectivity index (χ2v) is 4.91. The van der Waals surface area contributed by atoms with E-state index in [9.17, 15) is 14.4 Å². The van der Waals surface area contributed by atoms with Crippen LogP contribution in [0.15, 0.2) is 17.1 Å². The van der Waals surface area contributed by atoms with E-state index in [-0.39, 0.29) is 11.4 Å². The van der Waals surface area contributed by atoms with Crippen LogP contribution in [-0.2, 0) is 4.79 Å². The molecule has 0 aliphatic carbocycles. The fraction of sp³-hybridized carbons (Fsp3) is 0.417. The average Bonchev–Trinajstić information content (AvgIpc) is 2.42. The van der Waals surface area contributed by atoms with Crippen molar-refractivity contribution in [3.8, 4) is 5.75 Å². The highest BCUT2D eigenvalue weighted by Gasteiger charge is 2.20. The van der Waals surface area contributed by atoms with Crippen molar-refractivity contribution in [3.05, 3.63) is 28.2 Å². The van der Waals surface area contributed by atoms with Crippen LogP contribution in [-0.4, -0.2) is 47.1 Å². The number of rotatable bonds is 7. The third kappa shape index (κ3) is 4.30. The minimum Gasteiger partial charge on any atom is -0.491 e. The molecule has 0 aliphatic heterocycles. The Labute approximate surface area is 119 Å². The van der Waals surface area contributed by atoms with Crippen LogP contribution in [0.25, 0.3) is 0 Å². The lowest BCUT2D eigenvalue weighted by Gasteiger charge is -2.13. The molecule has 1 atom stereocenters. The van der Waals surface area contributed by atoms with Crippen molar-refractivity contribution in [2.75, 3.05) is 19.1 Å². The zero-order valence-corrected chi connectivity index (χ0v) is 12.0. The molecule has 0 fully saturated rings. The molecule has 110 valence electrons. The van der Waals surface area contributed by atoms with Gasteiger partial charge in [0, 0.05) is 12.3 Å². The lowest BCUT2D eigenvalue weighted by molar-refractivity contribution is -0.139. The van der Waals surface area contributed by atoms with Gasteiger partial charge in [-0.25, -0.2) is 4.79 Å². The molecule has 1 unspecified atom stereocenters. The molecule has 7 nitrogen and oxygen atoms in total. The number of carboxylic acid groups (broad SMARTS) is 1. The van der Waals surface area contributed by atoms with E-state index in [1.54, 1.807) is 0 Å². The summed E-state index contributed by atoms with van der Waals surface area (Å²) >= 11 is 1.49. The molecule has 1 rings (SSSR count). The highest BCUT2D eigenvalue weighted by Crippen LogP contribution is 2.04. The summed E-state index contributed by atoms with van der Waals surface area (Å²) in [4.78, 5) is 37.0. The number of nitrogens with one attached hydrogen (secondary N) is 2. The summed E-state index contributed by atoms with van der Waals surface area (Å²) in [6.45, 7) is 0. The van der Waals surface area contributed by atoms with Crippen molar-refractivity contribution in [2.24, 2.45) is 0 Å². The fourth-order valence-corrected chi connectivity index (χ4v) is 1.95. The number of carbonyl (C=O) groups excluding carboxylic acids is 1. The number of hydrogen-bond donors (Lipinski definition) is 3. The maximum absolute atomic E-state index is 11.9. The molecule has 1 aromatic rings. The van der Waals surface area contributed by atoms with Gasteiger partial charge in [-0.1, -0.05) is 0 Å². The number of hydrogen-bond acceptors (Lipinski definition) is 5. The number of ether oxygens (including phenoxy) is 1. The first-order chi connectivity index (χ1) is 9.49. The first-order valence-corrected chi connectivity index (χ1v) is 7.18. The maximum Gasteiger partial charge on any atom is 0.326 e. The number of amides is 1. The van der Waals surface area contributed by atoms with E-state index in [0.29, 0.717) is 12.2 Å². The minimum atomic E-state index is -1.11. The van der Waals surface area contributed by atoms with Gasteiger partial charge in [0.25, 0.3) is 5.91 Å². The van der Waals surface area contributed by atoms with Crippen molar-refractivity contribution in [2.45, 2.75) is 12.5 Å². The summed E-state index contributed by atoms with van der Waals surface area (Å²) in [7, 11) is 1.34. The summed E-state index contributed by atoms with van der Waals surface area (Å²) in [5.41, 5.74) is -0.460. The lowest BCUT2D eigenvalue weighted by Crippen LogP contribution is -2.41. The Morgan fingerprint density at radius 2 is 2.25 bits per heavy atom. The predicted octanol–water partition coefficient (Wildman–Crippen LogP) is 0.320. The fourth-order valence-electron chi connectivity index (χ4n) is 1.48. The number of methoxy groups -OCH3 is 1. The third-order valence-electron chi connectivity index (χ3n) is 2.56. The number of H-pyrrole nitrogens is 1. The van der Waals surface area contributed by atoms with E-state index in [1.165, 1.54) is 25.1 Å². The number of thioether (sulfide) groups is 1. The summed E-state index contributed by atoms with van der Waals surface area (Å²) in [5.74, 6) is -1.06. The van der Waals surface area contributed by atoms with Crippen LogP contribution in [0, 0.1) is 0 Å². The smallest absolute Gasteiger partial charge is 0.326 e. The molecule has 8 heteroatoms. The Balaban J connectivity index is 2.81. The standard InChI is InChI=1S/C12H16N2O5S/c1-19-10-6-13-8(5-9(10)15)11(16)14-7(12(17)18)3-4-20-2/h5-7H,3-4H2,1-2H3,(H,13,15)(H,14,16)(H,17,18). The van der Waals surface area contributed by atoms with Crippen molar-refractivity contribution < 1.29 is 19.4 Å². The summed E-state index contributed by atoms with van der Waals surface area (Å²) in [6, 6.07) is 0.0855. The van der Waals surface area contributed by atoms with E-state index < -0.39 is 23.3 Å². The van der Waals surface area contributed by atoms with Crippen molar-refractivity contribution in [1.29, 1.82) is 0 Å². The highest BCUT2D eigenvalue weighted by atomic mass is 32.2. The van der Waals surface area contributed by atoms with Gasteiger partial charge in [-0.05, 0) is 18.4 Å². The molecule has 20 heavy (non-hydrogen) atoms. The molecule has 0 radical (unpaired) electrons. The molecule has 0 saturated carbocycles. The van der Waals surface area contributed by atoms with Crippen LogP contribution >= 0.6 is 11.8 Å². The molecule has 0 bridgehead atoms. The highest BCUT2D eigenvalue weighted by molar-refractivity contribution is 7.98. The Kier molecular flexibility index (Phi) is 6.10. The molecule has 3 N–H and O–H groups in total. The summed E-state index contributed by atoms with van der Waals surface area (Å²) in [6.07, 6.45) is 3.42. The van der Waals surface area contributed by atoms with Gasteiger partial charge in [0.1, 0.15) is 11.7 Å². The first kappa shape index (κ1) is 16.1. The van der Waals surface area contributed by atoms with Gasteiger partial charge < -0.3 is 20.1 Å². The zero-order chi connectivity index (χ0) is 15.1. The number of aromatic amines is 1. The molecule has 0 saturated heterocycles. The number of aliphatic carboxylic acids is 1. The number of pyridine rings is 1. The maximum atomic E-state index is 11.9. The quantitative estimate of drug-likeness (QED) is 0.669.